The molecule has 0 saturated heterocycles. The van der Waals surface area contributed by atoms with E-state index in [0.29, 0.717) is 6.29 Å². The lowest BCUT2D eigenvalue weighted by molar-refractivity contribution is 0.108. The number of ether oxygens (including phenoxy) is 1. The lowest BCUT2D eigenvalue weighted by Crippen LogP contribution is -2.11. The van der Waals surface area contributed by atoms with Crippen LogP contribution in [0.5, 0.6) is 5.75 Å². The van der Waals surface area contributed by atoms with Gasteiger partial charge in [-0.05, 0) is 11.1 Å². The Hall–Kier alpha value is -3.05. The molecule has 2 aromatic rings. The van der Waals surface area contributed by atoms with Gasteiger partial charge in [0.25, 0.3) is 0 Å². The van der Waals surface area contributed by atoms with Crippen molar-refractivity contribution in [3.63, 3.8) is 0 Å². The van der Waals surface area contributed by atoms with Gasteiger partial charge < -0.3 is 9.15 Å². The SMILES string of the molecule is [N-]=[N+]=NCc1cc(=O)c(OCc2ccccc2)c(C=O)o1. The van der Waals surface area contributed by atoms with Gasteiger partial charge in [-0.3, -0.25) is 9.59 Å². The van der Waals surface area contributed by atoms with E-state index < -0.39 is 5.43 Å². The van der Waals surface area contributed by atoms with Crippen molar-refractivity contribution < 1.29 is 13.9 Å². The summed E-state index contributed by atoms with van der Waals surface area (Å²) in [5.74, 6) is -0.271. The fraction of sp³-hybridized carbons (Fsp3) is 0.143. The average molecular weight is 285 g/mol. The number of hydrogen-bond donors (Lipinski definition) is 0. The molecule has 0 aliphatic carbocycles. The van der Waals surface area contributed by atoms with Crippen LogP contribution in [0.4, 0.5) is 0 Å². The minimum atomic E-state index is -0.498. The zero-order valence-electron chi connectivity index (χ0n) is 10.9. The molecule has 7 heteroatoms. The van der Waals surface area contributed by atoms with Gasteiger partial charge in [0.05, 0.1) is 6.54 Å². The predicted molar refractivity (Wildman–Crippen MR) is 74.0 cm³/mol. The quantitative estimate of drug-likeness (QED) is 0.352. The average Bonchev–Trinajstić information content (AvgIpc) is 2.52. The van der Waals surface area contributed by atoms with Crippen molar-refractivity contribution in [1.29, 1.82) is 0 Å². The molecule has 0 fully saturated rings. The molecule has 1 aromatic heterocycles. The fourth-order valence-corrected chi connectivity index (χ4v) is 1.68. The van der Waals surface area contributed by atoms with Crippen LogP contribution in [0.1, 0.15) is 21.9 Å². The van der Waals surface area contributed by atoms with Gasteiger partial charge in [0, 0.05) is 11.0 Å². The maximum absolute atomic E-state index is 11.9. The lowest BCUT2D eigenvalue weighted by Gasteiger charge is -2.07. The predicted octanol–water partition coefficient (Wildman–Crippen LogP) is 2.84. The minimum Gasteiger partial charge on any atom is -0.481 e. The van der Waals surface area contributed by atoms with Crippen LogP contribution < -0.4 is 10.2 Å². The van der Waals surface area contributed by atoms with Crippen molar-refractivity contribution in [2.24, 2.45) is 5.11 Å². The molecule has 0 bridgehead atoms. The molecular weight excluding hydrogens is 274 g/mol. The van der Waals surface area contributed by atoms with Crippen LogP contribution in [0, 0.1) is 0 Å². The molecule has 2 rings (SSSR count). The highest BCUT2D eigenvalue weighted by molar-refractivity contribution is 5.74. The molecule has 7 nitrogen and oxygen atoms in total. The maximum atomic E-state index is 11.9. The van der Waals surface area contributed by atoms with Gasteiger partial charge in [-0.15, -0.1) is 0 Å². The van der Waals surface area contributed by atoms with Crippen LogP contribution in [-0.2, 0) is 13.2 Å². The minimum absolute atomic E-state index is 0.104. The third kappa shape index (κ3) is 3.71. The second-order valence-electron chi connectivity index (χ2n) is 4.05. The zero-order valence-corrected chi connectivity index (χ0v) is 10.9. The Morgan fingerprint density at radius 3 is 2.76 bits per heavy atom. The topological polar surface area (TPSA) is 105 Å². The normalized spacial score (nSPS) is 9.71. The fourth-order valence-electron chi connectivity index (χ4n) is 1.68. The maximum Gasteiger partial charge on any atom is 0.227 e. The zero-order chi connectivity index (χ0) is 15.1. The number of carbonyl (C=O) groups is 1. The van der Waals surface area contributed by atoms with Crippen LogP contribution in [0.2, 0.25) is 0 Å². The lowest BCUT2D eigenvalue weighted by atomic mass is 10.2. The first-order valence-electron chi connectivity index (χ1n) is 6.04. The van der Waals surface area contributed by atoms with Crippen LogP contribution in [0.15, 0.2) is 50.7 Å². The summed E-state index contributed by atoms with van der Waals surface area (Å²) in [7, 11) is 0. The van der Waals surface area contributed by atoms with E-state index in [1.54, 1.807) is 0 Å². The Kier molecular flexibility index (Phi) is 4.74. The van der Waals surface area contributed by atoms with E-state index in [-0.39, 0.29) is 30.4 Å². The van der Waals surface area contributed by atoms with Gasteiger partial charge in [0.1, 0.15) is 12.4 Å². The number of carbonyl (C=O) groups excluding carboxylic acids is 1. The highest BCUT2D eigenvalue weighted by Gasteiger charge is 2.13. The van der Waals surface area contributed by atoms with Crippen molar-refractivity contribution in [3.05, 3.63) is 74.1 Å². The van der Waals surface area contributed by atoms with Crippen molar-refractivity contribution in [1.82, 2.24) is 0 Å². The molecule has 1 heterocycles. The Morgan fingerprint density at radius 2 is 2.10 bits per heavy atom. The van der Waals surface area contributed by atoms with E-state index >= 15 is 0 Å². The van der Waals surface area contributed by atoms with Crippen molar-refractivity contribution in [2.75, 3.05) is 0 Å². The molecule has 0 amide bonds. The van der Waals surface area contributed by atoms with Crippen molar-refractivity contribution >= 4 is 6.29 Å². The summed E-state index contributed by atoms with van der Waals surface area (Å²) in [6.07, 6.45) is 0.390. The molecule has 1 aromatic carbocycles. The standard InChI is InChI=1S/C14H11N3O4/c15-17-16-7-11-6-12(19)14(13(8-18)21-11)20-9-10-4-2-1-3-5-10/h1-6,8H,7,9H2. The van der Waals surface area contributed by atoms with E-state index in [1.807, 2.05) is 30.3 Å². The molecule has 0 spiro atoms. The van der Waals surface area contributed by atoms with Crippen LogP contribution in [0.25, 0.3) is 10.4 Å². The van der Waals surface area contributed by atoms with Crippen molar-refractivity contribution in [3.8, 4) is 5.75 Å². The summed E-state index contributed by atoms with van der Waals surface area (Å²) >= 11 is 0. The van der Waals surface area contributed by atoms with Gasteiger partial charge in [-0.1, -0.05) is 35.4 Å². The molecular formula is C14H11N3O4. The van der Waals surface area contributed by atoms with E-state index in [4.69, 9.17) is 14.7 Å². The van der Waals surface area contributed by atoms with Crippen molar-refractivity contribution in [2.45, 2.75) is 13.2 Å². The number of nitrogens with zero attached hydrogens (tertiary/aromatic N) is 3. The third-order valence-electron chi connectivity index (χ3n) is 2.60. The van der Waals surface area contributed by atoms with Gasteiger partial charge in [0.2, 0.25) is 16.9 Å². The number of benzene rings is 1. The molecule has 0 saturated carbocycles. The largest absolute Gasteiger partial charge is 0.481 e. The molecule has 21 heavy (non-hydrogen) atoms. The highest BCUT2D eigenvalue weighted by Crippen LogP contribution is 2.15. The monoisotopic (exact) mass is 285 g/mol. The summed E-state index contributed by atoms with van der Waals surface area (Å²) in [6, 6.07) is 10.3. The van der Waals surface area contributed by atoms with Gasteiger partial charge in [-0.25, -0.2) is 0 Å². The summed E-state index contributed by atoms with van der Waals surface area (Å²) in [5, 5.41) is 3.27. The first-order valence-corrected chi connectivity index (χ1v) is 6.04. The van der Waals surface area contributed by atoms with Gasteiger partial charge in [0.15, 0.2) is 6.29 Å². The Morgan fingerprint density at radius 1 is 1.33 bits per heavy atom. The first kappa shape index (κ1) is 14.4. The molecule has 0 aliphatic heterocycles. The molecule has 0 aliphatic rings. The van der Waals surface area contributed by atoms with E-state index in [2.05, 4.69) is 10.0 Å². The van der Waals surface area contributed by atoms with E-state index in [1.165, 1.54) is 0 Å². The second-order valence-corrected chi connectivity index (χ2v) is 4.05. The molecule has 0 radical (unpaired) electrons. The summed E-state index contributed by atoms with van der Waals surface area (Å²) in [5.41, 5.74) is 8.59. The Bertz CT molecular complexity index is 734. The smallest absolute Gasteiger partial charge is 0.227 e. The van der Waals surface area contributed by atoms with Crippen LogP contribution in [-0.4, -0.2) is 6.29 Å². The summed E-state index contributed by atoms with van der Waals surface area (Å²) < 4.78 is 10.5. The Labute approximate surface area is 119 Å². The number of rotatable bonds is 6. The number of aldehydes is 1. The number of azide groups is 1. The van der Waals surface area contributed by atoms with Crippen LogP contribution >= 0.6 is 0 Å². The molecule has 0 N–H and O–H groups in total. The molecule has 106 valence electrons. The summed E-state index contributed by atoms with van der Waals surface area (Å²) in [4.78, 5) is 25.5. The highest BCUT2D eigenvalue weighted by atomic mass is 16.5. The van der Waals surface area contributed by atoms with E-state index in [9.17, 15) is 9.59 Å². The second kappa shape index (κ2) is 6.93. The molecule has 0 unspecified atom stereocenters. The third-order valence-corrected chi connectivity index (χ3v) is 2.60. The van der Waals surface area contributed by atoms with E-state index in [0.717, 1.165) is 11.6 Å². The van der Waals surface area contributed by atoms with Crippen LogP contribution in [0.3, 0.4) is 0 Å². The van der Waals surface area contributed by atoms with Gasteiger partial charge >= 0.3 is 0 Å². The molecule has 0 atom stereocenters. The summed E-state index contributed by atoms with van der Waals surface area (Å²) in [6.45, 7) is -0.00627. The first-order chi connectivity index (χ1) is 10.2. The van der Waals surface area contributed by atoms with Gasteiger partial charge in [-0.2, -0.15) is 0 Å². The number of hydrogen-bond acceptors (Lipinski definition) is 5. The Balaban J connectivity index is 2.24.